The zero-order valence-electron chi connectivity index (χ0n) is 12.5. The van der Waals surface area contributed by atoms with E-state index in [1.165, 1.54) is 0 Å². The van der Waals surface area contributed by atoms with Crippen molar-refractivity contribution in [1.82, 2.24) is 0 Å². The van der Waals surface area contributed by atoms with E-state index in [0.29, 0.717) is 0 Å². The largest absolute Gasteiger partial charge is 0.487 e. The summed E-state index contributed by atoms with van der Waals surface area (Å²) in [6, 6.07) is 9.57. The van der Waals surface area contributed by atoms with Gasteiger partial charge in [0.1, 0.15) is 11.2 Å². The first-order valence-corrected chi connectivity index (χ1v) is 7.09. The summed E-state index contributed by atoms with van der Waals surface area (Å²) in [5.41, 5.74) is -1.27. The molecule has 0 unspecified atom stereocenters. The molecule has 0 amide bonds. The standard InChI is InChI=1S/C15H21BO6/c1-12(13-5-3-2-4-6-13)7-16-21-14(8-17,9-18)15(10-19,11-20)22-16/h2-7,17-20H,8-11H2,1H3/b12-7+. The molecule has 1 aromatic rings. The Morgan fingerprint density at radius 2 is 1.41 bits per heavy atom. The van der Waals surface area contributed by atoms with Gasteiger partial charge in [-0.15, -0.1) is 0 Å². The fourth-order valence-electron chi connectivity index (χ4n) is 2.58. The third kappa shape index (κ3) is 2.83. The molecule has 1 heterocycles. The lowest BCUT2D eigenvalue weighted by Gasteiger charge is -2.39. The molecule has 1 aliphatic rings. The second kappa shape index (κ2) is 6.91. The number of rotatable bonds is 6. The predicted octanol–water partition coefficient (Wildman–Crippen LogP) is -0.389. The van der Waals surface area contributed by atoms with E-state index in [9.17, 15) is 20.4 Å². The maximum atomic E-state index is 9.58. The molecule has 22 heavy (non-hydrogen) atoms. The molecule has 4 N–H and O–H groups in total. The first-order valence-electron chi connectivity index (χ1n) is 7.09. The summed E-state index contributed by atoms with van der Waals surface area (Å²) in [4.78, 5) is 0. The van der Waals surface area contributed by atoms with Crippen LogP contribution in [0.2, 0.25) is 0 Å². The van der Waals surface area contributed by atoms with E-state index >= 15 is 0 Å². The average Bonchev–Trinajstić information content (AvgIpc) is 2.89. The molecule has 2 rings (SSSR count). The molecular weight excluding hydrogens is 287 g/mol. The van der Waals surface area contributed by atoms with E-state index < -0.39 is 44.7 Å². The molecule has 0 atom stereocenters. The Bertz CT molecular complexity index is 490. The lowest BCUT2D eigenvalue weighted by atomic mass is 9.85. The lowest BCUT2D eigenvalue weighted by Crippen LogP contribution is -2.61. The van der Waals surface area contributed by atoms with Crippen LogP contribution in [0.25, 0.3) is 5.57 Å². The fourth-order valence-corrected chi connectivity index (χ4v) is 2.58. The highest BCUT2D eigenvalue weighted by atomic mass is 16.7. The molecule has 0 spiro atoms. The highest BCUT2D eigenvalue weighted by molar-refractivity contribution is 6.53. The zero-order valence-corrected chi connectivity index (χ0v) is 12.5. The number of hydrogen-bond acceptors (Lipinski definition) is 6. The Morgan fingerprint density at radius 3 is 1.82 bits per heavy atom. The molecule has 1 aliphatic heterocycles. The van der Waals surface area contributed by atoms with Crippen LogP contribution in [0, 0.1) is 0 Å². The van der Waals surface area contributed by atoms with Gasteiger partial charge in [-0.25, -0.2) is 0 Å². The molecule has 7 heteroatoms. The van der Waals surface area contributed by atoms with Crippen LogP contribution in [0.5, 0.6) is 0 Å². The predicted molar refractivity (Wildman–Crippen MR) is 81.8 cm³/mol. The van der Waals surface area contributed by atoms with Crippen LogP contribution in [0.15, 0.2) is 36.3 Å². The van der Waals surface area contributed by atoms with Crippen LogP contribution >= 0.6 is 0 Å². The molecule has 120 valence electrons. The average molecular weight is 308 g/mol. The van der Waals surface area contributed by atoms with E-state index in [1.54, 1.807) is 5.98 Å². The van der Waals surface area contributed by atoms with Gasteiger partial charge in [0, 0.05) is 0 Å². The fraction of sp³-hybridized carbons (Fsp3) is 0.467. The zero-order chi connectivity index (χ0) is 16.2. The van der Waals surface area contributed by atoms with Crippen LogP contribution in [0.4, 0.5) is 0 Å². The highest BCUT2D eigenvalue weighted by Gasteiger charge is 2.61. The SMILES string of the molecule is C/C(=C\B1OC(CO)(CO)C(CO)(CO)O1)c1ccccc1. The van der Waals surface area contributed by atoms with Crippen LogP contribution in [-0.2, 0) is 9.31 Å². The van der Waals surface area contributed by atoms with E-state index in [1.807, 2.05) is 37.3 Å². The topological polar surface area (TPSA) is 99.4 Å². The minimum atomic E-state index is -1.56. The van der Waals surface area contributed by atoms with E-state index in [0.717, 1.165) is 11.1 Å². The van der Waals surface area contributed by atoms with Gasteiger partial charge in [-0.1, -0.05) is 41.9 Å². The normalized spacial score (nSPS) is 20.4. The smallest absolute Gasteiger partial charge is 0.394 e. The summed E-state index contributed by atoms with van der Waals surface area (Å²) >= 11 is 0. The minimum absolute atomic E-state index is 0.584. The summed E-state index contributed by atoms with van der Waals surface area (Å²) in [5.74, 6) is 1.68. The van der Waals surface area contributed by atoms with Crippen molar-refractivity contribution < 1.29 is 29.7 Å². The van der Waals surface area contributed by atoms with Crippen LogP contribution < -0.4 is 0 Å². The lowest BCUT2D eigenvalue weighted by molar-refractivity contribution is -0.147. The van der Waals surface area contributed by atoms with Crippen molar-refractivity contribution in [2.75, 3.05) is 26.4 Å². The van der Waals surface area contributed by atoms with Crippen LogP contribution in [-0.4, -0.2) is 65.2 Å². The summed E-state index contributed by atoms with van der Waals surface area (Å²) in [6.07, 6.45) is 0. The van der Waals surface area contributed by atoms with Gasteiger partial charge in [0.15, 0.2) is 0 Å². The maximum Gasteiger partial charge on any atom is 0.487 e. The highest BCUT2D eigenvalue weighted by Crippen LogP contribution is 2.38. The quantitative estimate of drug-likeness (QED) is 0.534. The maximum absolute atomic E-state index is 9.58. The first-order chi connectivity index (χ1) is 10.6. The van der Waals surface area contributed by atoms with Crippen molar-refractivity contribution in [3.63, 3.8) is 0 Å². The van der Waals surface area contributed by atoms with Crippen molar-refractivity contribution in [1.29, 1.82) is 0 Å². The number of aliphatic hydroxyl groups is 4. The van der Waals surface area contributed by atoms with Crippen molar-refractivity contribution >= 4 is 12.7 Å². The number of aliphatic hydroxyl groups excluding tert-OH is 4. The third-order valence-corrected chi connectivity index (χ3v) is 4.15. The Labute approximate surface area is 129 Å². The van der Waals surface area contributed by atoms with Gasteiger partial charge in [0.2, 0.25) is 0 Å². The van der Waals surface area contributed by atoms with E-state index in [4.69, 9.17) is 9.31 Å². The molecule has 1 saturated heterocycles. The summed E-state index contributed by atoms with van der Waals surface area (Å²) < 4.78 is 11.2. The molecule has 1 fully saturated rings. The summed E-state index contributed by atoms with van der Waals surface area (Å²) in [6.45, 7) is -0.461. The van der Waals surface area contributed by atoms with E-state index in [-0.39, 0.29) is 0 Å². The van der Waals surface area contributed by atoms with Gasteiger partial charge >= 0.3 is 7.12 Å². The summed E-state index contributed by atoms with van der Waals surface area (Å²) in [5, 5.41) is 38.3. The molecule has 1 aromatic carbocycles. The molecule has 0 saturated carbocycles. The van der Waals surface area contributed by atoms with Gasteiger partial charge in [-0.05, 0) is 12.5 Å². The van der Waals surface area contributed by atoms with Gasteiger partial charge < -0.3 is 29.7 Å². The van der Waals surface area contributed by atoms with Crippen LogP contribution in [0.1, 0.15) is 12.5 Å². The molecular formula is C15H21BO6. The molecule has 0 bridgehead atoms. The van der Waals surface area contributed by atoms with Crippen molar-refractivity contribution in [3.05, 3.63) is 41.9 Å². The number of hydrogen-bond donors (Lipinski definition) is 4. The van der Waals surface area contributed by atoms with Gasteiger partial charge in [0.05, 0.1) is 26.4 Å². The molecule has 0 radical (unpaired) electrons. The van der Waals surface area contributed by atoms with Crippen molar-refractivity contribution in [3.8, 4) is 0 Å². The second-order valence-electron chi connectivity index (χ2n) is 5.44. The van der Waals surface area contributed by atoms with Gasteiger partial charge in [0.25, 0.3) is 0 Å². The van der Waals surface area contributed by atoms with Crippen molar-refractivity contribution in [2.45, 2.75) is 18.1 Å². The van der Waals surface area contributed by atoms with E-state index in [2.05, 4.69) is 0 Å². The molecule has 6 nitrogen and oxygen atoms in total. The number of allylic oxidation sites excluding steroid dienone is 1. The summed E-state index contributed by atoms with van der Waals surface area (Å²) in [7, 11) is -0.890. The van der Waals surface area contributed by atoms with Gasteiger partial charge in [-0.3, -0.25) is 0 Å². The monoisotopic (exact) mass is 308 g/mol. The van der Waals surface area contributed by atoms with Crippen LogP contribution in [0.3, 0.4) is 0 Å². The van der Waals surface area contributed by atoms with Crippen molar-refractivity contribution in [2.24, 2.45) is 0 Å². The minimum Gasteiger partial charge on any atom is -0.394 e. The van der Waals surface area contributed by atoms with Gasteiger partial charge in [-0.2, -0.15) is 0 Å². The number of benzene rings is 1. The second-order valence-corrected chi connectivity index (χ2v) is 5.44. The Hall–Kier alpha value is -1.22. The first kappa shape index (κ1) is 17.1. The third-order valence-electron chi connectivity index (χ3n) is 4.15. The Morgan fingerprint density at radius 1 is 0.955 bits per heavy atom. The Kier molecular flexibility index (Phi) is 5.39. The molecule has 0 aromatic heterocycles. The Balaban J connectivity index is 2.28. The molecule has 0 aliphatic carbocycles.